The van der Waals surface area contributed by atoms with Gasteiger partial charge in [-0.1, -0.05) is 74.5 Å². The summed E-state index contributed by atoms with van der Waals surface area (Å²) in [4.78, 5) is 15.7. The molecule has 2 aliphatic rings. The van der Waals surface area contributed by atoms with E-state index in [9.17, 15) is 4.79 Å². The second kappa shape index (κ2) is 7.36. The van der Waals surface area contributed by atoms with Crippen LogP contribution in [-0.4, -0.2) is 0 Å². The van der Waals surface area contributed by atoms with E-state index in [4.69, 9.17) is 9.15 Å². The van der Waals surface area contributed by atoms with Gasteiger partial charge in [-0.25, -0.2) is 0 Å². The number of hydrogen-bond acceptors (Lipinski definition) is 4. The van der Waals surface area contributed by atoms with Crippen LogP contribution in [0.3, 0.4) is 0 Å². The van der Waals surface area contributed by atoms with Crippen LogP contribution in [0.15, 0.2) is 112 Å². The number of anilines is 3. The van der Waals surface area contributed by atoms with Gasteiger partial charge >= 0.3 is 0 Å². The van der Waals surface area contributed by atoms with Crippen LogP contribution in [0.1, 0.15) is 25.0 Å². The Morgan fingerprint density at radius 2 is 1.42 bits per heavy atom. The number of rotatable bonds is 1. The first-order valence-corrected chi connectivity index (χ1v) is 12.8. The third kappa shape index (κ3) is 2.72. The molecule has 0 saturated heterocycles. The second-order valence-corrected chi connectivity index (χ2v) is 10.5. The Balaban J connectivity index is 1.38. The highest BCUT2D eigenvalue weighted by atomic mass is 16.5. The van der Waals surface area contributed by atoms with Crippen LogP contribution in [0, 0.1) is 0 Å². The first-order valence-electron chi connectivity index (χ1n) is 12.8. The molecule has 0 atom stereocenters. The molecule has 4 nitrogen and oxygen atoms in total. The Labute approximate surface area is 219 Å². The fourth-order valence-corrected chi connectivity index (χ4v) is 6.17. The highest BCUT2D eigenvalue weighted by molar-refractivity contribution is 5.98. The number of hydrogen-bond donors (Lipinski definition) is 0. The van der Waals surface area contributed by atoms with Crippen molar-refractivity contribution >= 4 is 39.0 Å². The highest BCUT2D eigenvalue weighted by Gasteiger charge is 2.41. The van der Waals surface area contributed by atoms with Gasteiger partial charge in [-0.3, -0.25) is 4.79 Å². The van der Waals surface area contributed by atoms with Gasteiger partial charge < -0.3 is 14.1 Å². The Morgan fingerprint density at radius 1 is 0.684 bits per heavy atom. The molecule has 0 saturated carbocycles. The van der Waals surface area contributed by atoms with Gasteiger partial charge in [-0.05, 0) is 59.2 Å². The zero-order valence-corrected chi connectivity index (χ0v) is 21.0. The molecule has 38 heavy (non-hydrogen) atoms. The topological polar surface area (TPSA) is 42.7 Å². The van der Waals surface area contributed by atoms with Crippen molar-refractivity contribution in [3.63, 3.8) is 0 Å². The minimum Gasteiger partial charge on any atom is -0.456 e. The molecule has 0 fully saturated rings. The van der Waals surface area contributed by atoms with Crippen molar-refractivity contribution in [3.05, 3.63) is 124 Å². The first kappa shape index (κ1) is 21.3. The Morgan fingerprint density at radius 3 is 2.34 bits per heavy atom. The Hall–Kier alpha value is -4.83. The van der Waals surface area contributed by atoms with Crippen molar-refractivity contribution in [1.82, 2.24) is 0 Å². The van der Waals surface area contributed by atoms with Crippen molar-refractivity contribution in [2.24, 2.45) is 0 Å². The molecular formula is C34H23NO3. The number of ether oxygens (including phenoxy) is 1. The normalized spacial score (nSPS) is 14.5. The van der Waals surface area contributed by atoms with E-state index < -0.39 is 0 Å². The third-order valence-corrected chi connectivity index (χ3v) is 8.05. The van der Waals surface area contributed by atoms with Crippen LogP contribution in [0.25, 0.3) is 33.1 Å². The first-order chi connectivity index (χ1) is 18.5. The van der Waals surface area contributed by atoms with E-state index in [0.29, 0.717) is 21.9 Å². The molecule has 0 amide bonds. The van der Waals surface area contributed by atoms with Gasteiger partial charge in [0.15, 0.2) is 11.5 Å². The molecule has 182 valence electrons. The van der Waals surface area contributed by atoms with Crippen molar-refractivity contribution in [1.29, 1.82) is 0 Å². The van der Waals surface area contributed by atoms with Crippen molar-refractivity contribution < 1.29 is 9.15 Å². The van der Waals surface area contributed by atoms with Gasteiger partial charge in [-0.2, -0.15) is 0 Å². The molecule has 0 radical (unpaired) electrons. The molecule has 0 spiro atoms. The predicted molar refractivity (Wildman–Crippen MR) is 152 cm³/mol. The van der Waals surface area contributed by atoms with E-state index >= 15 is 0 Å². The predicted octanol–water partition coefficient (Wildman–Crippen LogP) is 8.83. The molecule has 8 rings (SSSR count). The van der Waals surface area contributed by atoms with Crippen molar-refractivity contribution in [3.8, 4) is 22.6 Å². The minimum absolute atomic E-state index is 0.0309. The SMILES string of the molecule is CC1(C)c2ccccc2N2c3cccc(-c4ccc5oc6ccccc6c(=O)c5c4)c3Oc3cccc1c32. The lowest BCUT2D eigenvalue weighted by molar-refractivity contribution is 0.473. The maximum absolute atomic E-state index is 13.4. The average molecular weight is 494 g/mol. The van der Waals surface area contributed by atoms with Crippen molar-refractivity contribution in [2.45, 2.75) is 19.3 Å². The summed E-state index contributed by atoms with van der Waals surface area (Å²) in [6.07, 6.45) is 0. The Bertz CT molecular complexity index is 2020. The summed E-state index contributed by atoms with van der Waals surface area (Å²) in [5.41, 5.74) is 8.55. The van der Waals surface area contributed by atoms with Crippen LogP contribution < -0.4 is 15.1 Å². The fourth-order valence-electron chi connectivity index (χ4n) is 6.17. The van der Waals surface area contributed by atoms with E-state index in [0.717, 1.165) is 39.7 Å². The minimum atomic E-state index is -0.161. The third-order valence-electron chi connectivity index (χ3n) is 8.05. The quantitative estimate of drug-likeness (QED) is 0.214. The molecule has 4 heteroatoms. The van der Waals surface area contributed by atoms with Crippen LogP contribution >= 0.6 is 0 Å². The molecule has 0 unspecified atom stereocenters. The lowest BCUT2D eigenvalue weighted by Crippen LogP contribution is -2.32. The van der Waals surface area contributed by atoms with Crippen molar-refractivity contribution in [2.75, 3.05) is 4.90 Å². The van der Waals surface area contributed by atoms with Crippen LogP contribution in [0.5, 0.6) is 11.5 Å². The molecule has 0 bridgehead atoms. The zero-order valence-electron chi connectivity index (χ0n) is 21.0. The summed E-state index contributed by atoms with van der Waals surface area (Å²) in [6.45, 7) is 4.55. The van der Waals surface area contributed by atoms with Gasteiger partial charge in [0, 0.05) is 11.0 Å². The summed E-state index contributed by atoms with van der Waals surface area (Å²) < 4.78 is 12.7. The van der Waals surface area contributed by atoms with E-state index in [2.05, 4.69) is 73.3 Å². The second-order valence-electron chi connectivity index (χ2n) is 10.5. The molecular weight excluding hydrogens is 470 g/mol. The van der Waals surface area contributed by atoms with Gasteiger partial charge in [-0.15, -0.1) is 0 Å². The molecule has 6 aromatic rings. The highest BCUT2D eigenvalue weighted by Crippen LogP contribution is 2.60. The summed E-state index contributed by atoms with van der Waals surface area (Å²) >= 11 is 0. The maximum Gasteiger partial charge on any atom is 0.200 e. The number of nitrogens with zero attached hydrogens (tertiary/aromatic N) is 1. The molecule has 0 N–H and O–H groups in total. The molecule has 0 aliphatic carbocycles. The average Bonchev–Trinajstić information content (AvgIpc) is 2.95. The number of fused-ring (bicyclic) bond motifs is 6. The summed E-state index contributed by atoms with van der Waals surface area (Å²) in [6, 6.07) is 34.3. The monoisotopic (exact) mass is 493 g/mol. The van der Waals surface area contributed by atoms with Gasteiger partial charge in [0.25, 0.3) is 0 Å². The molecule has 2 aliphatic heterocycles. The largest absolute Gasteiger partial charge is 0.456 e. The number of para-hydroxylation sites is 4. The van der Waals surface area contributed by atoms with E-state index in [1.54, 1.807) is 0 Å². The van der Waals surface area contributed by atoms with E-state index in [-0.39, 0.29) is 10.8 Å². The lowest BCUT2D eigenvalue weighted by Gasteiger charge is -2.45. The Kier molecular flexibility index (Phi) is 4.12. The summed E-state index contributed by atoms with van der Waals surface area (Å²) in [5, 5.41) is 1.14. The van der Waals surface area contributed by atoms with Crippen LogP contribution in [0.2, 0.25) is 0 Å². The molecule has 1 aromatic heterocycles. The summed E-state index contributed by atoms with van der Waals surface area (Å²) in [5.74, 6) is 1.60. The molecule has 3 heterocycles. The van der Waals surface area contributed by atoms with Crippen LogP contribution in [0.4, 0.5) is 17.1 Å². The number of benzene rings is 5. The lowest BCUT2D eigenvalue weighted by atomic mass is 9.73. The smallest absolute Gasteiger partial charge is 0.200 e. The van der Waals surface area contributed by atoms with Gasteiger partial charge in [0.2, 0.25) is 5.43 Å². The zero-order chi connectivity index (χ0) is 25.6. The van der Waals surface area contributed by atoms with Gasteiger partial charge in [0.05, 0.1) is 27.8 Å². The fraction of sp³-hybridized carbons (Fsp3) is 0.0882. The standard InChI is InChI=1S/C34H23NO3/c1-34(2)24-11-4-5-13-26(24)35-27-14-7-10-21(33(27)38-30-16-8-12-25(34)31(30)35)20-17-18-29-23(19-20)32(36)22-9-3-6-15-28(22)37-29/h3-19H,1-2H3. The maximum atomic E-state index is 13.4. The van der Waals surface area contributed by atoms with E-state index in [1.165, 1.54) is 11.1 Å². The summed E-state index contributed by atoms with van der Waals surface area (Å²) in [7, 11) is 0. The van der Waals surface area contributed by atoms with E-state index in [1.807, 2.05) is 48.5 Å². The molecule has 5 aromatic carbocycles. The van der Waals surface area contributed by atoms with Crippen LogP contribution in [-0.2, 0) is 5.41 Å². The van der Waals surface area contributed by atoms with Gasteiger partial charge in [0.1, 0.15) is 11.2 Å².